The molecule has 150 valence electrons. The van der Waals surface area contributed by atoms with Gasteiger partial charge in [0.1, 0.15) is 6.54 Å². The lowest BCUT2D eigenvalue weighted by atomic mass is 10.1. The molecule has 0 fully saturated rings. The van der Waals surface area contributed by atoms with Crippen molar-refractivity contribution in [2.45, 2.75) is 18.4 Å². The summed E-state index contributed by atoms with van der Waals surface area (Å²) in [7, 11) is -3.89. The molecule has 3 aromatic carbocycles. The van der Waals surface area contributed by atoms with E-state index < -0.39 is 10.0 Å². The van der Waals surface area contributed by atoms with Gasteiger partial charge in [-0.25, -0.2) is 8.42 Å². The topological polar surface area (TPSA) is 66.5 Å². The van der Waals surface area contributed by atoms with Gasteiger partial charge < -0.3 is 5.32 Å². The molecule has 0 saturated heterocycles. The predicted octanol–water partition coefficient (Wildman–Crippen LogP) is 4.27. The van der Waals surface area contributed by atoms with Gasteiger partial charge in [0.2, 0.25) is 5.91 Å². The fraction of sp³-hybridized carbons (Fsp3) is 0.136. The molecular weight excluding hydrogens is 452 g/mol. The number of benzene rings is 3. The molecule has 1 amide bonds. The number of sulfonamides is 1. The molecule has 0 spiro atoms. The molecule has 3 rings (SSSR count). The van der Waals surface area contributed by atoms with Crippen molar-refractivity contribution in [3.8, 4) is 0 Å². The van der Waals surface area contributed by atoms with Gasteiger partial charge in [-0.2, -0.15) is 0 Å². The van der Waals surface area contributed by atoms with Crippen LogP contribution in [0, 0.1) is 6.92 Å². The van der Waals surface area contributed by atoms with E-state index >= 15 is 0 Å². The SMILES string of the molecule is Cc1ccc(CNC(=O)CN(c2ccc(Br)cc2)S(=O)(=O)c2ccccc2)cc1. The molecule has 7 heteroatoms. The highest BCUT2D eigenvalue weighted by molar-refractivity contribution is 9.10. The van der Waals surface area contributed by atoms with Crippen molar-refractivity contribution in [3.63, 3.8) is 0 Å². The lowest BCUT2D eigenvalue weighted by Gasteiger charge is -2.24. The van der Waals surface area contributed by atoms with Gasteiger partial charge in [-0.3, -0.25) is 9.10 Å². The number of hydrogen-bond acceptors (Lipinski definition) is 3. The van der Waals surface area contributed by atoms with E-state index in [-0.39, 0.29) is 17.3 Å². The Morgan fingerprint density at radius 3 is 2.17 bits per heavy atom. The summed E-state index contributed by atoms with van der Waals surface area (Å²) < 4.78 is 28.3. The monoisotopic (exact) mass is 472 g/mol. The molecule has 0 aromatic heterocycles. The van der Waals surface area contributed by atoms with Crippen LogP contribution in [0.1, 0.15) is 11.1 Å². The molecule has 3 aromatic rings. The standard InChI is InChI=1S/C22H21BrN2O3S/c1-17-7-9-18(10-8-17)15-24-22(26)16-25(20-13-11-19(23)12-14-20)29(27,28)21-5-3-2-4-6-21/h2-14H,15-16H2,1H3,(H,24,26). The normalized spacial score (nSPS) is 11.1. The quantitative estimate of drug-likeness (QED) is 0.558. The van der Waals surface area contributed by atoms with Gasteiger partial charge >= 0.3 is 0 Å². The molecule has 0 saturated carbocycles. The number of aryl methyl sites for hydroxylation is 1. The summed E-state index contributed by atoms with van der Waals surface area (Å²) in [5, 5.41) is 2.80. The van der Waals surface area contributed by atoms with Crippen LogP contribution in [0.3, 0.4) is 0 Å². The molecule has 0 aliphatic heterocycles. The van der Waals surface area contributed by atoms with Crippen LogP contribution in [0.15, 0.2) is 88.2 Å². The minimum Gasteiger partial charge on any atom is -0.350 e. The van der Waals surface area contributed by atoms with Gasteiger partial charge in [0.05, 0.1) is 10.6 Å². The Balaban J connectivity index is 1.82. The van der Waals surface area contributed by atoms with Crippen LogP contribution in [-0.2, 0) is 21.4 Å². The van der Waals surface area contributed by atoms with Crippen molar-refractivity contribution in [2.75, 3.05) is 10.8 Å². The third kappa shape index (κ3) is 5.46. The van der Waals surface area contributed by atoms with E-state index in [1.165, 1.54) is 12.1 Å². The van der Waals surface area contributed by atoms with E-state index in [0.717, 1.165) is 19.9 Å². The first kappa shape index (κ1) is 21.1. The fourth-order valence-corrected chi connectivity index (χ4v) is 4.44. The molecule has 5 nitrogen and oxygen atoms in total. The maximum Gasteiger partial charge on any atom is 0.264 e. The number of rotatable bonds is 7. The average molecular weight is 473 g/mol. The second kappa shape index (κ2) is 9.24. The molecular formula is C22H21BrN2O3S. The van der Waals surface area contributed by atoms with Crippen LogP contribution < -0.4 is 9.62 Å². The minimum atomic E-state index is -3.89. The summed E-state index contributed by atoms with van der Waals surface area (Å²) >= 11 is 3.35. The van der Waals surface area contributed by atoms with Gasteiger partial charge in [0.15, 0.2) is 0 Å². The number of halogens is 1. The Morgan fingerprint density at radius 1 is 0.931 bits per heavy atom. The molecule has 0 bridgehead atoms. The van der Waals surface area contributed by atoms with Crippen LogP contribution in [0.2, 0.25) is 0 Å². The number of hydrogen-bond donors (Lipinski definition) is 1. The van der Waals surface area contributed by atoms with E-state index in [1.54, 1.807) is 42.5 Å². The van der Waals surface area contributed by atoms with Crippen molar-refractivity contribution in [3.05, 3.63) is 94.5 Å². The lowest BCUT2D eigenvalue weighted by Crippen LogP contribution is -2.40. The Labute approximate surface area is 179 Å². The third-order valence-corrected chi connectivity index (χ3v) is 6.66. The Morgan fingerprint density at radius 2 is 1.55 bits per heavy atom. The predicted molar refractivity (Wildman–Crippen MR) is 118 cm³/mol. The van der Waals surface area contributed by atoms with Gasteiger partial charge in [-0.1, -0.05) is 64.0 Å². The van der Waals surface area contributed by atoms with E-state index in [0.29, 0.717) is 12.2 Å². The first-order valence-corrected chi connectivity index (χ1v) is 11.3. The highest BCUT2D eigenvalue weighted by Gasteiger charge is 2.27. The summed E-state index contributed by atoms with van der Waals surface area (Å²) in [6, 6.07) is 22.7. The molecule has 0 aliphatic carbocycles. The zero-order valence-electron chi connectivity index (χ0n) is 15.9. The van der Waals surface area contributed by atoms with Crippen molar-refractivity contribution in [1.29, 1.82) is 0 Å². The zero-order chi connectivity index (χ0) is 20.9. The lowest BCUT2D eigenvalue weighted by molar-refractivity contribution is -0.119. The summed E-state index contributed by atoms with van der Waals surface area (Å²) in [5.41, 5.74) is 2.50. The fourth-order valence-electron chi connectivity index (χ4n) is 2.74. The molecule has 1 N–H and O–H groups in total. The zero-order valence-corrected chi connectivity index (χ0v) is 18.3. The smallest absolute Gasteiger partial charge is 0.264 e. The van der Waals surface area contributed by atoms with Crippen LogP contribution in [0.4, 0.5) is 5.69 Å². The average Bonchev–Trinajstić information content (AvgIpc) is 2.73. The van der Waals surface area contributed by atoms with E-state index in [4.69, 9.17) is 0 Å². The van der Waals surface area contributed by atoms with Crippen molar-refractivity contribution in [2.24, 2.45) is 0 Å². The third-order valence-electron chi connectivity index (χ3n) is 4.34. The number of carbonyl (C=O) groups is 1. The van der Waals surface area contributed by atoms with Gasteiger partial charge in [0, 0.05) is 11.0 Å². The highest BCUT2D eigenvalue weighted by atomic mass is 79.9. The molecule has 0 radical (unpaired) electrons. The maximum atomic E-state index is 13.2. The number of amides is 1. The van der Waals surface area contributed by atoms with Gasteiger partial charge in [0.25, 0.3) is 10.0 Å². The molecule has 0 atom stereocenters. The number of nitrogens with one attached hydrogen (secondary N) is 1. The van der Waals surface area contributed by atoms with Crippen LogP contribution in [0.5, 0.6) is 0 Å². The minimum absolute atomic E-state index is 0.134. The number of anilines is 1. The van der Waals surface area contributed by atoms with Crippen molar-refractivity contribution < 1.29 is 13.2 Å². The summed E-state index contributed by atoms with van der Waals surface area (Å²) in [5.74, 6) is -0.381. The summed E-state index contributed by atoms with van der Waals surface area (Å²) in [6.45, 7) is 2.01. The van der Waals surface area contributed by atoms with E-state index in [1.807, 2.05) is 31.2 Å². The van der Waals surface area contributed by atoms with E-state index in [9.17, 15) is 13.2 Å². The summed E-state index contributed by atoms with van der Waals surface area (Å²) in [4.78, 5) is 12.7. The Hall–Kier alpha value is -2.64. The first-order valence-electron chi connectivity index (χ1n) is 9.02. The number of carbonyl (C=O) groups excluding carboxylic acids is 1. The van der Waals surface area contributed by atoms with E-state index in [2.05, 4.69) is 21.2 Å². The highest BCUT2D eigenvalue weighted by Crippen LogP contribution is 2.25. The summed E-state index contributed by atoms with van der Waals surface area (Å²) in [6.07, 6.45) is 0. The molecule has 0 aliphatic rings. The van der Waals surface area contributed by atoms with Crippen molar-refractivity contribution in [1.82, 2.24) is 5.32 Å². The van der Waals surface area contributed by atoms with Gasteiger partial charge in [-0.05, 0) is 48.9 Å². The second-order valence-corrected chi connectivity index (χ2v) is 9.34. The van der Waals surface area contributed by atoms with Crippen molar-refractivity contribution >= 4 is 37.5 Å². The first-order chi connectivity index (χ1) is 13.9. The Bertz CT molecular complexity index is 1070. The van der Waals surface area contributed by atoms with Crippen LogP contribution in [0.25, 0.3) is 0 Å². The maximum absolute atomic E-state index is 13.2. The largest absolute Gasteiger partial charge is 0.350 e. The molecule has 29 heavy (non-hydrogen) atoms. The van der Waals surface area contributed by atoms with Crippen LogP contribution in [-0.4, -0.2) is 20.9 Å². The number of nitrogens with zero attached hydrogens (tertiary/aromatic N) is 1. The molecule has 0 heterocycles. The molecule has 0 unspecified atom stereocenters. The van der Waals surface area contributed by atoms with Gasteiger partial charge in [-0.15, -0.1) is 0 Å². The van der Waals surface area contributed by atoms with Crippen LogP contribution >= 0.6 is 15.9 Å². The Kier molecular flexibility index (Phi) is 6.71. The second-order valence-electron chi connectivity index (χ2n) is 6.56.